The van der Waals surface area contributed by atoms with Crippen LogP contribution in [0.3, 0.4) is 0 Å². The lowest BCUT2D eigenvalue weighted by molar-refractivity contribution is 0.426. The summed E-state index contributed by atoms with van der Waals surface area (Å²) < 4.78 is 6.76. The van der Waals surface area contributed by atoms with Gasteiger partial charge in [0.1, 0.15) is 0 Å². The second-order valence-electron chi connectivity index (χ2n) is 2.83. The van der Waals surface area contributed by atoms with E-state index in [1.807, 2.05) is 47.7 Å². The molecular weight excluding hydrogens is 359 g/mol. The first kappa shape index (κ1) is 10.1. The molecule has 0 atom stereocenters. The Labute approximate surface area is 103 Å². The Kier molecular flexibility index (Phi) is 2.87. The average molecular weight is 365 g/mol. The fourth-order valence-electron chi connectivity index (χ4n) is 1.10. The van der Waals surface area contributed by atoms with E-state index in [0.717, 1.165) is 15.6 Å². The zero-order valence-corrected chi connectivity index (χ0v) is 11.0. The van der Waals surface area contributed by atoms with Crippen molar-refractivity contribution in [1.82, 2.24) is 10.1 Å². The van der Waals surface area contributed by atoms with Crippen molar-refractivity contribution in [3.63, 3.8) is 0 Å². The van der Waals surface area contributed by atoms with E-state index in [2.05, 4.69) is 26.1 Å². The van der Waals surface area contributed by atoms with Crippen LogP contribution in [0.1, 0.15) is 5.56 Å². The van der Waals surface area contributed by atoms with Crippen molar-refractivity contribution in [2.24, 2.45) is 0 Å². The Morgan fingerprint density at radius 3 is 2.79 bits per heavy atom. The van der Waals surface area contributed by atoms with Crippen molar-refractivity contribution in [2.45, 2.75) is 6.92 Å². The molecular formula is C9H6BrIN2O. The Bertz CT molecular complexity index is 470. The first-order chi connectivity index (χ1) is 6.66. The van der Waals surface area contributed by atoms with E-state index in [1.54, 1.807) is 0 Å². The summed E-state index contributed by atoms with van der Waals surface area (Å²) in [5, 5.41) is 3.73. The maximum atomic E-state index is 5.06. The summed E-state index contributed by atoms with van der Waals surface area (Å²) >= 11 is 5.46. The van der Waals surface area contributed by atoms with Gasteiger partial charge in [0.05, 0.1) is 0 Å². The molecule has 2 rings (SSSR count). The minimum absolute atomic E-state index is 0.560. The summed E-state index contributed by atoms with van der Waals surface area (Å²) in [4.78, 5) is 4.15. The van der Waals surface area contributed by atoms with Crippen molar-refractivity contribution >= 4 is 38.5 Å². The Morgan fingerprint density at radius 1 is 1.43 bits per heavy atom. The van der Waals surface area contributed by atoms with Gasteiger partial charge in [0.2, 0.25) is 3.83 Å². The molecule has 5 heteroatoms. The Balaban J connectivity index is 2.47. The van der Waals surface area contributed by atoms with E-state index in [4.69, 9.17) is 4.52 Å². The molecule has 72 valence electrons. The number of aryl methyl sites for hydroxylation is 1. The molecule has 2 aromatic rings. The smallest absolute Gasteiger partial charge is 0.258 e. The van der Waals surface area contributed by atoms with Crippen LogP contribution >= 0.6 is 38.5 Å². The van der Waals surface area contributed by atoms with Crippen LogP contribution in [0.15, 0.2) is 27.2 Å². The van der Waals surface area contributed by atoms with Crippen LogP contribution in [0.4, 0.5) is 0 Å². The number of halogens is 2. The zero-order chi connectivity index (χ0) is 10.1. The SMILES string of the molecule is Cc1cc(-c2nc(I)no2)ccc1Br. The van der Waals surface area contributed by atoms with Gasteiger partial charge in [0, 0.05) is 32.6 Å². The molecule has 0 aliphatic carbocycles. The van der Waals surface area contributed by atoms with Crippen molar-refractivity contribution in [2.75, 3.05) is 0 Å². The highest BCUT2D eigenvalue weighted by Crippen LogP contribution is 2.23. The maximum Gasteiger partial charge on any atom is 0.258 e. The third-order valence-electron chi connectivity index (χ3n) is 1.81. The fourth-order valence-corrected chi connectivity index (χ4v) is 1.66. The summed E-state index contributed by atoms with van der Waals surface area (Å²) in [6.45, 7) is 2.02. The third kappa shape index (κ3) is 1.98. The van der Waals surface area contributed by atoms with Gasteiger partial charge in [-0.05, 0) is 30.7 Å². The van der Waals surface area contributed by atoms with Crippen LogP contribution in [-0.2, 0) is 0 Å². The number of aromatic nitrogens is 2. The minimum Gasteiger partial charge on any atom is -0.333 e. The normalized spacial score (nSPS) is 10.5. The van der Waals surface area contributed by atoms with Gasteiger partial charge in [0.25, 0.3) is 5.89 Å². The molecule has 0 saturated carbocycles. The van der Waals surface area contributed by atoms with E-state index in [-0.39, 0.29) is 0 Å². The number of rotatable bonds is 1. The summed E-state index contributed by atoms with van der Waals surface area (Å²) in [6.07, 6.45) is 0. The van der Waals surface area contributed by atoms with Crippen molar-refractivity contribution in [3.8, 4) is 11.5 Å². The first-order valence-corrected chi connectivity index (χ1v) is 5.80. The molecule has 1 heterocycles. The quantitative estimate of drug-likeness (QED) is 0.728. The fraction of sp³-hybridized carbons (Fsp3) is 0.111. The molecule has 0 spiro atoms. The van der Waals surface area contributed by atoms with Gasteiger partial charge in [0.15, 0.2) is 0 Å². The van der Waals surface area contributed by atoms with Crippen molar-refractivity contribution in [1.29, 1.82) is 0 Å². The Morgan fingerprint density at radius 2 is 2.21 bits per heavy atom. The molecule has 0 saturated heterocycles. The molecule has 0 N–H and O–H groups in total. The second-order valence-corrected chi connectivity index (χ2v) is 4.65. The third-order valence-corrected chi connectivity index (χ3v) is 3.13. The van der Waals surface area contributed by atoms with Crippen LogP contribution < -0.4 is 0 Å². The lowest BCUT2D eigenvalue weighted by atomic mass is 10.1. The summed E-state index contributed by atoms with van der Waals surface area (Å²) in [6, 6.07) is 5.93. The van der Waals surface area contributed by atoms with E-state index in [0.29, 0.717) is 9.72 Å². The molecule has 3 nitrogen and oxygen atoms in total. The average Bonchev–Trinajstić information content (AvgIpc) is 2.57. The highest BCUT2D eigenvalue weighted by molar-refractivity contribution is 14.1. The topological polar surface area (TPSA) is 38.9 Å². The molecule has 0 amide bonds. The van der Waals surface area contributed by atoms with Gasteiger partial charge in [-0.3, -0.25) is 0 Å². The largest absolute Gasteiger partial charge is 0.333 e. The summed E-state index contributed by atoms with van der Waals surface area (Å²) in [5.41, 5.74) is 2.09. The van der Waals surface area contributed by atoms with Gasteiger partial charge < -0.3 is 4.52 Å². The molecule has 0 bridgehead atoms. The van der Waals surface area contributed by atoms with Crippen molar-refractivity contribution in [3.05, 3.63) is 32.1 Å². The number of benzene rings is 1. The van der Waals surface area contributed by atoms with Crippen LogP contribution in [0.5, 0.6) is 0 Å². The van der Waals surface area contributed by atoms with Crippen LogP contribution in [-0.4, -0.2) is 10.1 Å². The maximum absolute atomic E-state index is 5.06. The van der Waals surface area contributed by atoms with E-state index >= 15 is 0 Å². The minimum atomic E-state index is 0.560. The van der Waals surface area contributed by atoms with Gasteiger partial charge >= 0.3 is 0 Å². The van der Waals surface area contributed by atoms with E-state index in [1.165, 1.54) is 0 Å². The number of hydrogen-bond acceptors (Lipinski definition) is 3. The van der Waals surface area contributed by atoms with Crippen LogP contribution in [0, 0.1) is 10.8 Å². The lowest BCUT2D eigenvalue weighted by Crippen LogP contribution is -1.81. The van der Waals surface area contributed by atoms with Crippen LogP contribution in [0.25, 0.3) is 11.5 Å². The lowest BCUT2D eigenvalue weighted by Gasteiger charge is -1.98. The highest BCUT2D eigenvalue weighted by atomic mass is 127. The highest BCUT2D eigenvalue weighted by Gasteiger charge is 2.07. The molecule has 14 heavy (non-hydrogen) atoms. The second kappa shape index (κ2) is 3.98. The number of hydrogen-bond donors (Lipinski definition) is 0. The van der Waals surface area contributed by atoms with Gasteiger partial charge in [-0.15, -0.1) is 0 Å². The van der Waals surface area contributed by atoms with Gasteiger partial charge in [-0.25, -0.2) is 0 Å². The summed E-state index contributed by atoms with van der Waals surface area (Å²) in [7, 11) is 0. The molecule has 1 aromatic heterocycles. The molecule has 0 aliphatic heterocycles. The Hall–Kier alpha value is -0.430. The van der Waals surface area contributed by atoms with Crippen LogP contribution in [0.2, 0.25) is 0 Å². The van der Waals surface area contributed by atoms with Gasteiger partial charge in [-0.2, -0.15) is 4.98 Å². The zero-order valence-electron chi connectivity index (χ0n) is 7.29. The summed E-state index contributed by atoms with van der Waals surface area (Å²) in [5.74, 6) is 0.560. The molecule has 0 fully saturated rings. The predicted molar refractivity (Wildman–Crippen MR) is 64.9 cm³/mol. The van der Waals surface area contributed by atoms with E-state index in [9.17, 15) is 0 Å². The molecule has 0 radical (unpaired) electrons. The monoisotopic (exact) mass is 364 g/mol. The van der Waals surface area contributed by atoms with Gasteiger partial charge in [-0.1, -0.05) is 21.1 Å². The molecule has 0 unspecified atom stereocenters. The first-order valence-electron chi connectivity index (χ1n) is 3.92. The standard InChI is InChI=1S/C9H6BrIN2O/c1-5-4-6(2-3-7(5)10)8-12-9(11)13-14-8/h2-4H,1H3. The van der Waals surface area contributed by atoms with E-state index < -0.39 is 0 Å². The van der Waals surface area contributed by atoms with Crippen molar-refractivity contribution < 1.29 is 4.52 Å². The predicted octanol–water partition coefficient (Wildman–Crippen LogP) is 3.41. The number of nitrogens with zero attached hydrogens (tertiary/aromatic N) is 2. The molecule has 0 aliphatic rings. The molecule has 1 aromatic carbocycles.